The molecule has 0 amide bonds. The molecular weight excluding hydrogens is 328 g/mol. The zero-order chi connectivity index (χ0) is 17.6. The number of aliphatic hydroxyl groups excluding tert-OH is 2. The molecule has 0 fully saturated rings. The molecule has 3 nitrogen and oxygen atoms in total. The average Bonchev–Trinajstić information content (AvgIpc) is 2.10. The summed E-state index contributed by atoms with van der Waals surface area (Å²) < 4.78 is 0. The zero-order valence-corrected chi connectivity index (χ0v) is 17.1. The van der Waals surface area contributed by atoms with Gasteiger partial charge in [-0.3, -0.25) is 0 Å². The van der Waals surface area contributed by atoms with Crippen LogP contribution in [0.1, 0.15) is 81.6 Å². The smallest absolute Gasteiger partial charge is 0.130 e. The van der Waals surface area contributed by atoms with E-state index in [1.165, 1.54) is 0 Å². The summed E-state index contributed by atoms with van der Waals surface area (Å²) in [5, 5.41) is 17.4. The Morgan fingerprint density at radius 2 is 1.00 bits per heavy atom. The summed E-state index contributed by atoms with van der Waals surface area (Å²) in [6, 6.07) is 0. The summed E-state index contributed by atoms with van der Waals surface area (Å²) >= 11 is 0. The molecule has 1 radical (unpaired) electrons. The van der Waals surface area contributed by atoms with Crippen molar-refractivity contribution in [3.63, 3.8) is 0 Å². The van der Waals surface area contributed by atoms with E-state index in [0.29, 0.717) is 17.8 Å². The Balaban J connectivity index is -0.000000108. The van der Waals surface area contributed by atoms with E-state index in [9.17, 15) is 4.79 Å². The Bertz CT molecular complexity index is 198. The summed E-state index contributed by atoms with van der Waals surface area (Å²) in [5.74, 6) is 2.06. The maximum Gasteiger partial charge on any atom is 0.130 e. The third kappa shape index (κ3) is 50.1. The Labute approximate surface area is 149 Å². The molecule has 0 aliphatic rings. The van der Waals surface area contributed by atoms with Crippen molar-refractivity contribution >= 4 is 5.78 Å². The van der Waals surface area contributed by atoms with Gasteiger partial charge in [0.1, 0.15) is 5.78 Å². The summed E-state index contributed by atoms with van der Waals surface area (Å²) in [6.45, 7) is 17.8. The van der Waals surface area contributed by atoms with E-state index in [4.69, 9.17) is 10.2 Å². The molecule has 2 unspecified atom stereocenters. The second-order valence-corrected chi connectivity index (χ2v) is 7.26. The second kappa shape index (κ2) is 19.2. The van der Waals surface area contributed by atoms with Gasteiger partial charge in [0.25, 0.3) is 0 Å². The summed E-state index contributed by atoms with van der Waals surface area (Å²) in [4.78, 5) is 10.3. The van der Waals surface area contributed by atoms with Crippen molar-refractivity contribution in [1.82, 2.24) is 0 Å². The number of carbonyl (C=O) groups excluding carboxylic acids is 1. The first-order valence-corrected chi connectivity index (χ1v) is 8.23. The SMILES string of the molecule is CC(=O)CC(C)C.CC(C)CC(C)O.CC(C)CC(C)O.[Cu]. The van der Waals surface area contributed by atoms with E-state index in [-0.39, 0.29) is 35.1 Å². The predicted molar refractivity (Wildman–Crippen MR) is 92.4 cm³/mol. The van der Waals surface area contributed by atoms with Crippen LogP contribution < -0.4 is 0 Å². The van der Waals surface area contributed by atoms with Crippen LogP contribution in [-0.2, 0) is 21.9 Å². The standard InChI is InChI=1S/2C6H14O.C6H12O.Cu/c3*1-5(2)4-6(3)7;/h2*5-7H,4H2,1-3H3;5H,4H2,1-3H3;. The van der Waals surface area contributed by atoms with Gasteiger partial charge in [0.05, 0.1) is 12.2 Å². The first-order chi connectivity index (χ1) is 9.38. The van der Waals surface area contributed by atoms with Crippen LogP contribution in [0.4, 0.5) is 0 Å². The van der Waals surface area contributed by atoms with Crippen molar-refractivity contribution in [3.05, 3.63) is 0 Å². The first-order valence-electron chi connectivity index (χ1n) is 8.23. The van der Waals surface area contributed by atoms with E-state index < -0.39 is 0 Å². The molecule has 4 heteroatoms. The van der Waals surface area contributed by atoms with Gasteiger partial charge >= 0.3 is 0 Å². The number of Topliss-reactive ketones (excluding diaryl/α,β-unsaturated/α-hetero) is 1. The second-order valence-electron chi connectivity index (χ2n) is 7.26. The molecule has 2 N–H and O–H groups in total. The molecule has 0 rings (SSSR count). The molecule has 0 spiro atoms. The van der Waals surface area contributed by atoms with Crippen LogP contribution in [0.25, 0.3) is 0 Å². The van der Waals surface area contributed by atoms with Crippen molar-refractivity contribution < 1.29 is 32.1 Å². The molecule has 0 saturated carbocycles. The number of rotatable bonds is 6. The van der Waals surface area contributed by atoms with Crippen molar-refractivity contribution in [1.29, 1.82) is 0 Å². The Kier molecular flexibility index (Phi) is 26.2. The third-order valence-electron chi connectivity index (χ3n) is 2.32. The van der Waals surface area contributed by atoms with Gasteiger partial charge in [0, 0.05) is 23.5 Å². The molecule has 0 aromatic carbocycles. The molecule has 0 aliphatic carbocycles. The molecule has 22 heavy (non-hydrogen) atoms. The molecule has 2 atom stereocenters. The van der Waals surface area contributed by atoms with Gasteiger partial charge in [-0.2, -0.15) is 0 Å². The largest absolute Gasteiger partial charge is 0.393 e. The minimum Gasteiger partial charge on any atom is -0.393 e. The van der Waals surface area contributed by atoms with Gasteiger partial charge in [-0.05, 0) is 51.4 Å². The number of carbonyl (C=O) groups is 1. The quantitative estimate of drug-likeness (QED) is 0.682. The van der Waals surface area contributed by atoms with Gasteiger partial charge in [-0.1, -0.05) is 41.5 Å². The molecule has 0 aromatic rings. The fraction of sp³-hybridized carbons (Fsp3) is 0.944. The Morgan fingerprint density at radius 1 is 0.727 bits per heavy atom. The normalized spacial score (nSPS) is 12.6. The third-order valence-corrected chi connectivity index (χ3v) is 2.32. The van der Waals surface area contributed by atoms with Gasteiger partial charge in [-0.15, -0.1) is 0 Å². The van der Waals surface area contributed by atoms with Crippen LogP contribution in [-0.4, -0.2) is 28.2 Å². The van der Waals surface area contributed by atoms with Crippen LogP contribution in [0.15, 0.2) is 0 Å². The van der Waals surface area contributed by atoms with Gasteiger partial charge in [0.15, 0.2) is 0 Å². The maximum absolute atomic E-state index is 10.3. The fourth-order valence-corrected chi connectivity index (χ4v) is 1.94. The van der Waals surface area contributed by atoms with Crippen molar-refractivity contribution in [2.75, 3.05) is 0 Å². The first kappa shape index (κ1) is 30.0. The molecule has 0 aliphatic heterocycles. The van der Waals surface area contributed by atoms with Gasteiger partial charge in [0.2, 0.25) is 0 Å². The molecular formula is C18H40CuO3. The summed E-state index contributed by atoms with van der Waals surface area (Å²) in [5.41, 5.74) is 0. The summed E-state index contributed by atoms with van der Waals surface area (Å²) in [6.07, 6.45) is 2.31. The number of aliphatic hydroxyl groups is 2. The van der Waals surface area contributed by atoms with E-state index in [2.05, 4.69) is 27.7 Å². The summed E-state index contributed by atoms with van der Waals surface area (Å²) in [7, 11) is 0. The average molecular weight is 368 g/mol. The topological polar surface area (TPSA) is 57.5 Å². The van der Waals surface area contributed by atoms with E-state index in [1.54, 1.807) is 6.92 Å². The molecule has 0 saturated heterocycles. The minimum atomic E-state index is -0.125. The van der Waals surface area contributed by atoms with Crippen LogP contribution in [0.3, 0.4) is 0 Å². The van der Waals surface area contributed by atoms with Gasteiger partial charge in [-0.25, -0.2) is 0 Å². The van der Waals surface area contributed by atoms with Crippen LogP contribution in [0, 0.1) is 17.8 Å². The number of hydrogen-bond donors (Lipinski definition) is 2. The zero-order valence-electron chi connectivity index (χ0n) is 16.1. The minimum absolute atomic E-state index is 0. The Morgan fingerprint density at radius 3 is 1.00 bits per heavy atom. The van der Waals surface area contributed by atoms with E-state index in [0.717, 1.165) is 19.3 Å². The van der Waals surface area contributed by atoms with Gasteiger partial charge < -0.3 is 15.0 Å². The van der Waals surface area contributed by atoms with Crippen molar-refractivity contribution in [2.24, 2.45) is 17.8 Å². The monoisotopic (exact) mass is 367 g/mol. The van der Waals surface area contributed by atoms with Crippen LogP contribution >= 0.6 is 0 Å². The number of hydrogen-bond acceptors (Lipinski definition) is 3. The molecule has 0 aromatic heterocycles. The van der Waals surface area contributed by atoms with Crippen LogP contribution in [0.2, 0.25) is 0 Å². The van der Waals surface area contributed by atoms with E-state index in [1.807, 2.05) is 27.7 Å². The Hall–Kier alpha value is 0.109. The molecule has 141 valence electrons. The fourth-order valence-electron chi connectivity index (χ4n) is 1.94. The van der Waals surface area contributed by atoms with E-state index >= 15 is 0 Å². The maximum atomic E-state index is 10.3. The number of ketones is 1. The van der Waals surface area contributed by atoms with Crippen LogP contribution in [0.5, 0.6) is 0 Å². The molecule has 0 heterocycles. The predicted octanol–water partition coefficient (Wildman–Crippen LogP) is 4.45. The van der Waals surface area contributed by atoms with Crippen molar-refractivity contribution in [3.8, 4) is 0 Å². The molecule has 0 bridgehead atoms. The van der Waals surface area contributed by atoms with Crippen molar-refractivity contribution in [2.45, 2.75) is 93.8 Å².